The lowest BCUT2D eigenvalue weighted by Crippen LogP contribution is -2.34. The number of hydrogen-bond acceptors (Lipinski definition) is 5. The third-order valence-electron chi connectivity index (χ3n) is 7.82. The molecule has 0 amide bonds. The summed E-state index contributed by atoms with van der Waals surface area (Å²) in [6.07, 6.45) is 7.06. The minimum absolute atomic E-state index is 0.125. The molecule has 2 aromatic carbocycles. The molecule has 1 aliphatic heterocycles. The molecule has 40 heavy (non-hydrogen) atoms. The molecule has 1 atom stereocenters. The van der Waals surface area contributed by atoms with Crippen LogP contribution in [0.15, 0.2) is 60.3 Å². The van der Waals surface area contributed by atoms with Crippen LogP contribution in [0.1, 0.15) is 65.6 Å². The molecule has 5 rings (SSSR count). The summed E-state index contributed by atoms with van der Waals surface area (Å²) in [6.45, 7) is 9.55. The van der Waals surface area contributed by atoms with Crippen molar-refractivity contribution in [3.05, 3.63) is 88.5 Å². The Morgan fingerprint density at radius 2 is 1.88 bits per heavy atom. The SMILES string of the molecule is COCc1nc2ccc(-c3ccnc(C)c3/C=C(\C)CN3CCC(c4ccc(C(C)=O)cc4)CC3)cc2n1PI. The molecule has 1 aliphatic rings. The molecule has 4 aromatic rings. The molecule has 0 N–H and O–H groups in total. The number of Topliss-reactive ketones (excluding diaryl/α,β-unsaturated/α-hetero) is 1. The minimum atomic E-state index is 0.125. The fourth-order valence-corrected chi connectivity index (χ4v) is 7.78. The van der Waals surface area contributed by atoms with Gasteiger partial charge < -0.3 is 4.74 Å². The van der Waals surface area contributed by atoms with E-state index in [2.05, 4.69) is 92.6 Å². The molecule has 3 heterocycles. The number of carbonyl (C=O) groups is 1. The van der Waals surface area contributed by atoms with E-state index < -0.39 is 0 Å². The van der Waals surface area contributed by atoms with Gasteiger partial charge in [-0.1, -0.05) is 42.0 Å². The molecule has 6 nitrogen and oxygen atoms in total. The first kappa shape index (κ1) is 29.1. The second-order valence-corrected chi connectivity index (χ2v) is 12.7. The summed E-state index contributed by atoms with van der Waals surface area (Å²) < 4.78 is 7.63. The topological polar surface area (TPSA) is 60.3 Å². The molecule has 208 valence electrons. The van der Waals surface area contributed by atoms with Crippen LogP contribution in [0.2, 0.25) is 0 Å². The van der Waals surface area contributed by atoms with E-state index in [9.17, 15) is 4.79 Å². The molecule has 0 spiro atoms. The number of methoxy groups -OCH3 is 1. The molecule has 0 radical (unpaired) electrons. The van der Waals surface area contributed by atoms with Crippen molar-refractivity contribution in [3.8, 4) is 11.1 Å². The summed E-state index contributed by atoms with van der Waals surface area (Å²) >= 11 is 2.41. The highest BCUT2D eigenvalue weighted by atomic mass is 127. The van der Waals surface area contributed by atoms with Crippen LogP contribution in [0.25, 0.3) is 28.2 Å². The van der Waals surface area contributed by atoms with Gasteiger partial charge in [0.05, 0.1) is 11.0 Å². The molecule has 0 bridgehead atoms. The van der Waals surface area contributed by atoms with Crippen LogP contribution in [-0.2, 0) is 11.3 Å². The predicted octanol–water partition coefficient (Wildman–Crippen LogP) is 7.83. The highest BCUT2D eigenvalue weighted by molar-refractivity contribution is 14.2. The van der Waals surface area contributed by atoms with E-state index in [0.717, 1.165) is 60.6 Å². The molecule has 0 aliphatic carbocycles. The molecule has 1 fully saturated rings. The Bertz CT molecular complexity index is 1540. The third-order valence-corrected chi connectivity index (χ3v) is 9.94. The number of likely N-dealkylation sites (tertiary alicyclic amines) is 1. The lowest BCUT2D eigenvalue weighted by atomic mass is 9.88. The van der Waals surface area contributed by atoms with Crippen molar-refractivity contribution in [3.63, 3.8) is 0 Å². The van der Waals surface area contributed by atoms with Crippen LogP contribution in [0.5, 0.6) is 0 Å². The van der Waals surface area contributed by atoms with E-state index in [-0.39, 0.29) is 5.78 Å². The summed E-state index contributed by atoms with van der Waals surface area (Å²) in [5.41, 5.74) is 10.2. The second kappa shape index (κ2) is 13.0. The maximum atomic E-state index is 11.6. The summed E-state index contributed by atoms with van der Waals surface area (Å²) in [6, 6.07) is 16.9. The van der Waals surface area contributed by atoms with Crippen LogP contribution in [0.3, 0.4) is 0 Å². The van der Waals surface area contributed by atoms with Crippen molar-refractivity contribution in [1.82, 2.24) is 19.2 Å². The van der Waals surface area contributed by atoms with Crippen LogP contribution >= 0.6 is 28.4 Å². The average molecular weight is 667 g/mol. The molecule has 1 unspecified atom stereocenters. The van der Waals surface area contributed by atoms with Gasteiger partial charge in [-0.3, -0.25) is 19.0 Å². The van der Waals surface area contributed by atoms with Crippen LogP contribution in [0.4, 0.5) is 0 Å². The van der Waals surface area contributed by atoms with Crippen LogP contribution < -0.4 is 0 Å². The van der Waals surface area contributed by atoms with E-state index in [1.54, 1.807) is 14.0 Å². The van der Waals surface area contributed by atoms with Crippen molar-refractivity contribution < 1.29 is 9.53 Å². The first-order valence-corrected chi connectivity index (χ1v) is 17.8. The van der Waals surface area contributed by atoms with Gasteiger partial charge in [0, 0.05) is 43.0 Å². The van der Waals surface area contributed by atoms with Crippen molar-refractivity contribution in [2.75, 3.05) is 26.7 Å². The minimum Gasteiger partial charge on any atom is -0.377 e. The van der Waals surface area contributed by atoms with Crippen molar-refractivity contribution >= 4 is 51.3 Å². The Labute approximate surface area is 251 Å². The highest BCUT2D eigenvalue weighted by Crippen LogP contribution is 2.36. The number of benzene rings is 2. The van der Waals surface area contributed by atoms with Gasteiger partial charge in [-0.05, 0) is 110 Å². The van der Waals surface area contributed by atoms with E-state index in [4.69, 9.17) is 9.72 Å². The number of rotatable bonds is 9. The van der Waals surface area contributed by atoms with Gasteiger partial charge in [0.25, 0.3) is 0 Å². The fourth-order valence-electron chi connectivity index (χ4n) is 5.68. The normalized spacial score (nSPS) is 15.5. The summed E-state index contributed by atoms with van der Waals surface area (Å²) in [5.74, 6) is 1.64. The zero-order valence-electron chi connectivity index (χ0n) is 23.6. The zero-order valence-corrected chi connectivity index (χ0v) is 26.7. The van der Waals surface area contributed by atoms with E-state index in [1.807, 2.05) is 18.3 Å². The van der Waals surface area contributed by atoms with Gasteiger partial charge in [-0.25, -0.2) is 4.98 Å². The molecule has 8 heteroatoms. The predicted molar refractivity (Wildman–Crippen MR) is 175 cm³/mol. The lowest BCUT2D eigenvalue weighted by molar-refractivity contribution is 0.101. The number of aryl methyl sites for hydroxylation is 1. The lowest BCUT2D eigenvalue weighted by Gasteiger charge is -2.32. The molecule has 1 saturated heterocycles. The maximum absolute atomic E-state index is 11.6. The third kappa shape index (κ3) is 6.38. The summed E-state index contributed by atoms with van der Waals surface area (Å²) in [7, 11) is 1.71. The number of pyridine rings is 1. The Hall–Kier alpha value is -2.45. The number of ketones is 1. The number of ether oxygens (including phenoxy) is 1. The van der Waals surface area contributed by atoms with Crippen molar-refractivity contribution in [2.24, 2.45) is 0 Å². The molecule has 2 aromatic heterocycles. The Morgan fingerprint density at radius 1 is 1.12 bits per heavy atom. The number of piperidine rings is 1. The Morgan fingerprint density at radius 3 is 2.55 bits per heavy atom. The zero-order chi connectivity index (χ0) is 28.2. The van der Waals surface area contributed by atoms with Crippen LogP contribution in [0, 0.1) is 6.92 Å². The van der Waals surface area contributed by atoms with Gasteiger partial charge in [0.15, 0.2) is 5.78 Å². The number of aromatic nitrogens is 3. The fraction of sp³-hybridized carbons (Fsp3) is 0.344. The maximum Gasteiger partial charge on any atom is 0.159 e. The number of carbonyl (C=O) groups excluding carboxylic acids is 1. The number of hydrogen-bond donors (Lipinski definition) is 0. The number of fused-ring (bicyclic) bond motifs is 1. The number of imidazole rings is 1. The van der Waals surface area contributed by atoms with Crippen molar-refractivity contribution in [2.45, 2.75) is 46.1 Å². The molecular weight excluding hydrogens is 630 g/mol. The first-order valence-electron chi connectivity index (χ1n) is 13.7. The van der Waals surface area contributed by atoms with Gasteiger partial charge in [0.1, 0.15) is 12.4 Å². The molecular formula is C32H36IN4O2P. The Balaban J connectivity index is 1.32. The highest BCUT2D eigenvalue weighted by Gasteiger charge is 2.21. The standard InChI is InChI=1S/C32H36IN4O2P/c1-21(19-36-15-12-26(13-16-36)25-7-5-24(6-8-25)23(3)38)17-29-22(2)34-14-11-28(29)27-9-10-30-31(18-27)37(40-33)32(35-30)20-39-4/h5-11,14,17-18,26,40H,12-13,15-16,19-20H2,1-4H3/b21-17+. The van der Waals surface area contributed by atoms with E-state index >= 15 is 0 Å². The average Bonchev–Trinajstić information content (AvgIpc) is 3.31. The van der Waals surface area contributed by atoms with Crippen LogP contribution in [-0.4, -0.2) is 51.7 Å². The summed E-state index contributed by atoms with van der Waals surface area (Å²) in [4.78, 5) is 23.6. The van der Waals surface area contributed by atoms with Crippen molar-refractivity contribution in [1.29, 1.82) is 0 Å². The van der Waals surface area contributed by atoms with Gasteiger partial charge >= 0.3 is 0 Å². The van der Waals surface area contributed by atoms with E-state index in [0.29, 0.717) is 18.9 Å². The first-order chi connectivity index (χ1) is 19.4. The second-order valence-electron chi connectivity index (χ2n) is 10.7. The number of nitrogens with zero attached hydrogens (tertiary/aromatic N) is 4. The van der Waals surface area contributed by atoms with Gasteiger partial charge in [-0.2, -0.15) is 0 Å². The van der Waals surface area contributed by atoms with Gasteiger partial charge in [-0.15, -0.1) is 0 Å². The van der Waals surface area contributed by atoms with E-state index in [1.165, 1.54) is 27.8 Å². The quantitative estimate of drug-likeness (QED) is 0.104. The smallest absolute Gasteiger partial charge is 0.159 e. The Kier molecular flexibility index (Phi) is 9.46. The summed E-state index contributed by atoms with van der Waals surface area (Å²) in [5, 5.41) is 0. The van der Waals surface area contributed by atoms with Gasteiger partial charge in [0.2, 0.25) is 0 Å². The monoisotopic (exact) mass is 666 g/mol. The number of halogens is 1. The molecule has 0 saturated carbocycles. The largest absolute Gasteiger partial charge is 0.377 e.